The van der Waals surface area contributed by atoms with Gasteiger partial charge in [0.05, 0.1) is 11.2 Å². The van der Waals surface area contributed by atoms with Gasteiger partial charge in [-0.3, -0.25) is 0 Å². The largest absolute Gasteiger partial charge is 0.494 e. The average Bonchev–Trinajstić information content (AvgIpc) is 2.87. The Morgan fingerprint density at radius 2 is 1.52 bits per heavy atom. The van der Waals surface area contributed by atoms with Crippen molar-refractivity contribution in [1.29, 1.82) is 0 Å². The zero-order chi connectivity index (χ0) is 19.7. The summed E-state index contributed by atoms with van der Waals surface area (Å²) in [5, 5.41) is 0. The minimum absolute atomic E-state index is 0.339. The minimum Gasteiger partial charge on any atom is -0.399 e. The molecule has 1 fully saturated rings. The molecule has 2 nitrogen and oxygen atoms in total. The van der Waals surface area contributed by atoms with Crippen molar-refractivity contribution < 1.29 is 9.31 Å². The van der Waals surface area contributed by atoms with Gasteiger partial charge in [-0.05, 0) is 55.4 Å². The lowest BCUT2D eigenvalue weighted by atomic mass is 9.78. The third-order valence-corrected chi connectivity index (χ3v) is 5.48. The van der Waals surface area contributed by atoms with Gasteiger partial charge in [0.25, 0.3) is 0 Å². The van der Waals surface area contributed by atoms with Crippen molar-refractivity contribution in [2.24, 2.45) is 0 Å². The number of allylic oxidation sites excluding steroid dienone is 4. The Labute approximate surface area is 163 Å². The van der Waals surface area contributed by atoms with Gasteiger partial charge in [0.1, 0.15) is 0 Å². The lowest BCUT2D eigenvalue weighted by molar-refractivity contribution is 0.00578. The summed E-state index contributed by atoms with van der Waals surface area (Å²) in [5.41, 5.74) is 4.83. The van der Waals surface area contributed by atoms with Crippen LogP contribution in [0.2, 0.25) is 0 Å². The fourth-order valence-corrected chi connectivity index (χ4v) is 3.11. The lowest BCUT2D eigenvalue weighted by Gasteiger charge is -2.32. The zero-order valence-electron chi connectivity index (χ0n) is 16.7. The molecule has 0 aliphatic carbocycles. The van der Waals surface area contributed by atoms with E-state index in [1.165, 1.54) is 0 Å². The number of hydrogen-bond donors (Lipinski definition) is 0. The van der Waals surface area contributed by atoms with Crippen molar-refractivity contribution in [2.75, 3.05) is 0 Å². The Morgan fingerprint density at radius 1 is 0.889 bits per heavy atom. The first-order valence-corrected chi connectivity index (χ1v) is 9.29. The summed E-state index contributed by atoms with van der Waals surface area (Å²) in [6.45, 7) is 15.9. The van der Waals surface area contributed by atoms with E-state index in [0.717, 1.165) is 27.7 Å². The summed E-state index contributed by atoms with van der Waals surface area (Å²) in [6.07, 6.45) is 5.58. The van der Waals surface area contributed by atoms with Crippen molar-refractivity contribution in [3.8, 4) is 11.1 Å². The van der Waals surface area contributed by atoms with Gasteiger partial charge in [-0.25, -0.2) is 0 Å². The molecule has 0 N–H and O–H groups in total. The van der Waals surface area contributed by atoms with Crippen LogP contribution in [0.25, 0.3) is 16.7 Å². The number of benzene rings is 2. The first-order chi connectivity index (χ1) is 12.8. The quantitative estimate of drug-likeness (QED) is 0.526. The molecule has 0 radical (unpaired) electrons. The van der Waals surface area contributed by atoms with Gasteiger partial charge in [0.2, 0.25) is 0 Å². The minimum atomic E-state index is -0.350. The highest BCUT2D eigenvalue weighted by atomic mass is 16.7. The molecule has 0 saturated carbocycles. The van der Waals surface area contributed by atoms with E-state index in [0.29, 0.717) is 0 Å². The molecular formula is C24H27BO2. The Morgan fingerprint density at radius 3 is 2.07 bits per heavy atom. The van der Waals surface area contributed by atoms with Gasteiger partial charge in [-0.1, -0.05) is 79.9 Å². The smallest absolute Gasteiger partial charge is 0.399 e. The second kappa shape index (κ2) is 7.34. The van der Waals surface area contributed by atoms with Crippen LogP contribution in [0.5, 0.6) is 0 Å². The maximum absolute atomic E-state index is 6.18. The van der Waals surface area contributed by atoms with Crippen LogP contribution in [0.3, 0.4) is 0 Å². The van der Waals surface area contributed by atoms with E-state index in [2.05, 4.69) is 89.4 Å². The monoisotopic (exact) mass is 358 g/mol. The lowest BCUT2D eigenvalue weighted by Crippen LogP contribution is -2.41. The van der Waals surface area contributed by atoms with E-state index in [1.807, 2.05) is 12.2 Å². The Balaban J connectivity index is 1.87. The van der Waals surface area contributed by atoms with Crippen LogP contribution in [0.15, 0.2) is 79.9 Å². The summed E-state index contributed by atoms with van der Waals surface area (Å²) >= 11 is 0. The van der Waals surface area contributed by atoms with E-state index in [4.69, 9.17) is 9.31 Å². The van der Waals surface area contributed by atoms with E-state index < -0.39 is 0 Å². The molecule has 0 spiro atoms. The molecule has 2 aromatic carbocycles. The van der Waals surface area contributed by atoms with Gasteiger partial charge < -0.3 is 9.31 Å². The highest BCUT2D eigenvalue weighted by molar-refractivity contribution is 6.62. The fraction of sp³-hybridized carbons (Fsp3) is 0.250. The number of rotatable bonds is 5. The van der Waals surface area contributed by atoms with Crippen LogP contribution >= 0.6 is 0 Å². The first-order valence-electron chi connectivity index (χ1n) is 9.29. The highest BCUT2D eigenvalue weighted by Crippen LogP contribution is 2.36. The fourth-order valence-electron chi connectivity index (χ4n) is 3.11. The first kappa shape index (κ1) is 19.4. The molecule has 0 unspecified atom stereocenters. The van der Waals surface area contributed by atoms with E-state index in [9.17, 15) is 0 Å². The Kier molecular flexibility index (Phi) is 5.28. The van der Waals surface area contributed by atoms with E-state index >= 15 is 0 Å². The van der Waals surface area contributed by atoms with Crippen molar-refractivity contribution in [1.82, 2.24) is 0 Å². The van der Waals surface area contributed by atoms with E-state index in [-0.39, 0.29) is 18.3 Å². The summed E-state index contributed by atoms with van der Waals surface area (Å²) in [4.78, 5) is 0. The van der Waals surface area contributed by atoms with Crippen LogP contribution in [0, 0.1) is 0 Å². The maximum Gasteiger partial charge on any atom is 0.494 e. The molecule has 3 heteroatoms. The van der Waals surface area contributed by atoms with Crippen molar-refractivity contribution in [3.05, 3.63) is 85.5 Å². The predicted molar refractivity (Wildman–Crippen MR) is 116 cm³/mol. The van der Waals surface area contributed by atoms with Gasteiger partial charge in [0, 0.05) is 0 Å². The molecule has 0 bridgehead atoms. The maximum atomic E-state index is 6.18. The summed E-state index contributed by atoms with van der Waals surface area (Å²) in [5.74, 6) is 0. The molecule has 1 saturated heterocycles. The van der Waals surface area contributed by atoms with Crippen molar-refractivity contribution >= 4 is 18.2 Å². The normalized spacial score (nSPS) is 18.4. The molecule has 2 aromatic rings. The Bertz CT molecular complexity index is 860. The third kappa shape index (κ3) is 3.85. The second-order valence-corrected chi connectivity index (χ2v) is 7.85. The van der Waals surface area contributed by atoms with Crippen LogP contribution in [-0.2, 0) is 9.31 Å². The molecule has 0 atom stereocenters. The molecule has 3 rings (SSSR count). The summed E-state index contributed by atoms with van der Waals surface area (Å²) in [7, 11) is -0.350. The van der Waals surface area contributed by atoms with Crippen LogP contribution in [0.1, 0.15) is 33.3 Å². The van der Waals surface area contributed by atoms with Gasteiger partial charge in [0.15, 0.2) is 0 Å². The van der Waals surface area contributed by atoms with Crippen LogP contribution < -0.4 is 5.46 Å². The molecule has 1 aliphatic rings. The summed E-state index contributed by atoms with van der Waals surface area (Å²) in [6, 6.07) is 16.8. The standard InChI is InChI=1S/C24H27BO2/c1-7-10-18(8-2)19-13-15-20(16-14-19)21-11-9-12-22(17-21)25-26-23(3,4)24(5,6)27-25/h7-17H,1-2H2,3-6H3/b18-10+. The van der Waals surface area contributed by atoms with Gasteiger partial charge >= 0.3 is 7.12 Å². The number of hydrogen-bond acceptors (Lipinski definition) is 2. The van der Waals surface area contributed by atoms with Gasteiger partial charge in [-0.15, -0.1) is 0 Å². The molecular weight excluding hydrogens is 331 g/mol. The average molecular weight is 358 g/mol. The van der Waals surface area contributed by atoms with Crippen LogP contribution in [0.4, 0.5) is 0 Å². The third-order valence-electron chi connectivity index (χ3n) is 5.48. The summed E-state index contributed by atoms with van der Waals surface area (Å²) < 4.78 is 12.4. The SMILES string of the molecule is C=C/C=C(\C=C)c1ccc(-c2cccc(B3OC(C)(C)C(C)(C)O3)c2)cc1. The van der Waals surface area contributed by atoms with Gasteiger partial charge in [-0.2, -0.15) is 0 Å². The molecule has 27 heavy (non-hydrogen) atoms. The molecule has 0 aromatic heterocycles. The van der Waals surface area contributed by atoms with Crippen LogP contribution in [-0.4, -0.2) is 18.3 Å². The molecule has 0 amide bonds. The highest BCUT2D eigenvalue weighted by Gasteiger charge is 2.51. The molecule has 138 valence electrons. The van der Waals surface area contributed by atoms with E-state index in [1.54, 1.807) is 6.08 Å². The Hall–Kier alpha value is -2.36. The predicted octanol–water partition coefficient (Wildman–Crippen LogP) is 5.41. The van der Waals surface area contributed by atoms with Crippen molar-refractivity contribution in [3.63, 3.8) is 0 Å². The topological polar surface area (TPSA) is 18.5 Å². The molecule has 1 heterocycles. The second-order valence-electron chi connectivity index (χ2n) is 7.85. The zero-order valence-corrected chi connectivity index (χ0v) is 16.7. The molecule has 1 aliphatic heterocycles. The van der Waals surface area contributed by atoms with Crippen molar-refractivity contribution in [2.45, 2.75) is 38.9 Å².